The normalized spacial score (nSPS) is 11.8. The number of Topliss-reactive ketones (excluding diaryl/α,β-unsaturated/α-hetero) is 1. The summed E-state index contributed by atoms with van der Waals surface area (Å²) in [5.41, 5.74) is -0.231. The summed E-state index contributed by atoms with van der Waals surface area (Å²) < 4.78 is 0. The van der Waals surface area contributed by atoms with Crippen LogP contribution in [0.1, 0.15) is 59.8 Å². The predicted octanol–water partition coefficient (Wildman–Crippen LogP) is 3.81. The van der Waals surface area contributed by atoms with Crippen molar-refractivity contribution in [2.75, 3.05) is 13.1 Å². The minimum Gasteiger partial charge on any atom is -0.298 e. The highest BCUT2D eigenvalue weighted by atomic mass is 16.1. The van der Waals surface area contributed by atoms with Crippen molar-refractivity contribution in [3.05, 3.63) is 12.7 Å². The number of allylic oxidation sites excluding steroid dienone is 1. The van der Waals surface area contributed by atoms with Gasteiger partial charge in [-0.1, -0.05) is 33.8 Å². The van der Waals surface area contributed by atoms with Crippen LogP contribution in [0.5, 0.6) is 0 Å². The van der Waals surface area contributed by atoms with Crippen molar-refractivity contribution in [3.63, 3.8) is 0 Å². The minimum absolute atomic E-state index is 0.231. The van der Waals surface area contributed by atoms with Gasteiger partial charge < -0.3 is 0 Å². The molecule has 100 valence electrons. The van der Waals surface area contributed by atoms with Crippen molar-refractivity contribution >= 4 is 5.78 Å². The highest BCUT2D eigenvalue weighted by molar-refractivity contribution is 5.88. The van der Waals surface area contributed by atoms with Crippen LogP contribution in [0.3, 0.4) is 0 Å². The van der Waals surface area contributed by atoms with Gasteiger partial charge in [-0.15, -0.1) is 6.58 Å². The fourth-order valence-corrected chi connectivity index (χ4v) is 2.74. The first-order valence-electron chi connectivity index (χ1n) is 7.02. The zero-order chi connectivity index (χ0) is 13.3. The van der Waals surface area contributed by atoms with Crippen LogP contribution in [0.25, 0.3) is 0 Å². The SMILES string of the molecule is C=CCCCC(=O)C(CC)(CC)N(CC)CC. The maximum Gasteiger partial charge on any atom is 0.153 e. The van der Waals surface area contributed by atoms with E-state index >= 15 is 0 Å². The van der Waals surface area contributed by atoms with Crippen LogP contribution in [0.4, 0.5) is 0 Å². The Kier molecular flexibility index (Phi) is 8.15. The summed E-state index contributed by atoms with van der Waals surface area (Å²) in [7, 11) is 0. The monoisotopic (exact) mass is 239 g/mol. The summed E-state index contributed by atoms with van der Waals surface area (Å²) in [6.45, 7) is 14.1. The van der Waals surface area contributed by atoms with Gasteiger partial charge in [0, 0.05) is 6.42 Å². The Morgan fingerprint density at radius 3 is 2.06 bits per heavy atom. The largest absolute Gasteiger partial charge is 0.298 e. The predicted molar refractivity (Wildman–Crippen MR) is 75.3 cm³/mol. The van der Waals surface area contributed by atoms with Gasteiger partial charge in [0.15, 0.2) is 5.78 Å². The maximum absolute atomic E-state index is 12.5. The topological polar surface area (TPSA) is 20.3 Å². The first kappa shape index (κ1) is 16.4. The smallest absolute Gasteiger partial charge is 0.153 e. The van der Waals surface area contributed by atoms with Crippen molar-refractivity contribution in [2.45, 2.75) is 65.3 Å². The molecular weight excluding hydrogens is 210 g/mol. The molecule has 0 aromatic carbocycles. The molecule has 2 nitrogen and oxygen atoms in total. The van der Waals surface area contributed by atoms with Gasteiger partial charge in [-0.05, 0) is 38.8 Å². The van der Waals surface area contributed by atoms with E-state index in [0.717, 1.165) is 38.8 Å². The Morgan fingerprint density at radius 1 is 1.18 bits per heavy atom. The second-order valence-electron chi connectivity index (χ2n) is 4.52. The van der Waals surface area contributed by atoms with Crippen LogP contribution >= 0.6 is 0 Å². The molecule has 0 amide bonds. The van der Waals surface area contributed by atoms with Gasteiger partial charge in [-0.2, -0.15) is 0 Å². The summed E-state index contributed by atoms with van der Waals surface area (Å²) in [5, 5.41) is 0. The molecular formula is C15H29NO. The first-order chi connectivity index (χ1) is 8.12. The molecule has 0 aromatic rings. The van der Waals surface area contributed by atoms with Gasteiger partial charge in [-0.25, -0.2) is 0 Å². The summed E-state index contributed by atoms with van der Waals surface area (Å²) in [6, 6.07) is 0. The quantitative estimate of drug-likeness (QED) is 0.427. The van der Waals surface area contributed by atoms with Crippen LogP contribution in [-0.2, 0) is 4.79 Å². The second kappa shape index (κ2) is 8.46. The van der Waals surface area contributed by atoms with E-state index in [9.17, 15) is 4.79 Å². The van der Waals surface area contributed by atoms with E-state index in [0.29, 0.717) is 12.2 Å². The lowest BCUT2D eigenvalue weighted by atomic mass is 9.83. The molecule has 0 saturated heterocycles. The van der Waals surface area contributed by atoms with E-state index in [1.54, 1.807) is 0 Å². The highest BCUT2D eigenvalue weighted by Gasteiger charge is 2.38. The molecule has 0 spiro atoms. The number of rotatable bonds is 10. The van der Waals surface area contributed by atoms with E-state index in [-0.39, 0.29) is 5.54 Å². The van der Waals surface area contributed by atoms with Crippen LogP contribution < -0.4 is 0 Å². The number of nitrogens with zero attached hydrogens (tertiary/aromatic N) is 1. The van der Waals surface area contributed by atoms with Crippen molar-refractivity contribution in [2.24, 2.45) is 0 Å². The Morgan fingerprint density at radius 2 is 1.71 bits per heavy atom. The number of carbonyl (C=O) groups is 1. The van der Waals surface area contributed by atoms with E-state index in [4.69, 9.17) is 0 Å². The van der Waals surface area contributed by atoms with Gasteiger partial charge >= 0.3 is 0 Å². The molecule has 17 heavy (non-hydrogen) atoms. The summed E-state index contributed by atoms with van der Waals surface area (Å²) >= 11 is 0. The standard InChI is InChI=1S/C15H29NO/c1-6-11-12-13-14(17)15(7-2,8-3)16(9-4)10-5/h6H,1,7-13H2,2-5H3. The third-order valence-corrected chi connectivity index (χ3v) is 3.87. The van der Waals surface area contributed by atoms with E-state index < -0.39 is 0 Å². The number of unbranched alkanes of at least 4 members (excludes halogenated alkanes) is 1. The fraction of sp³-hybridized carbons (Fsp3) is 0.800. The zero-order valence-corrected chi connectivity index (χ0v) is 12.1. The molecule has 0 aliphatic heterocycles. The van der Waals surface area contributed by atoms with Gasteiger partial charge in [0.25, 0.3) is 0 Å². The van der Waals surface area contributed by atoms with Crippen LogP contribution in [0.2, 0.25) is 0 Å². The zero-order valence-electron chi connectivity index (χ0n) is 12.1. The molecule has 0 atom stereocenters. The van der Waals surface area contributed by atoms with E-state index in [1.807, 2.05) is 6.08 Å². The second-order valence-corrected chi connectivity index (χ2v) is 4.52. The molecule has 0 aliphatic rings. The van der Waals surface area contributed by atoms with Gasteiger partial charge in [0.1, 0.15) is 0 Å². The summed E-state index contributed by atoms with van der Waals surface area (Å²) in [4.78, 5) is 14.8. The molecule has 2 heteroatoms. The lowest BCUT2D eigenvalue weighted by Crippen LogP contribution is -2.53. The third kappa shape index (κ3) is 3.95. The average molecular weight is 239 g/mol. The minimum atomic E-state index is -0.231. The maximum atomic E-state index is 12.5. The number of hydrogen-bond donors (Lipinski definition) is 0. The molecule has 0 radical (unpaired) electrons. The van der Waals surface area contributed by atoms with Crippen molar-refractivity contribution in [1.29, 1.82) is 0 Å². The van der Waals surface area contributed by atoms with Crippen molar-refractivity contribution in [3.8, 4) is 0 Å². The van der Waals surface area contributed by atoms with Gasteiger partial charge in [-0.3, -0.25) is 9.69 Å². The molecule has 0 fully saturated rings. The fourth-order valence-electron chi connectivity index (χ4n) is 2.74. The Balaban J connectivity index is 4.78. The molecule has 0 unspecified atom stereocenters. The Bertz CT molecular complexity index is 227. The van der Waals surface area contributed by atoms with Crippen molar-refractivity contribution < 1.29 is 4.79 Å². The Hall–Kier alpha value is -0.630. The van der Waals surface area contributed by atoms with Gasteiger partial charge in [0.2, 0.25) is 0 Å². The summed E-state index contributed by atoms with van der Waals surface area (Å²) in [5.74, 6) is 0.410. The van der Waals surface area contributed by atoms with Crippen LogP contribution in [0, 0.1) is 0 Å². The van der Waals surface area contributed by atoms with E-state index in [2.05, 4.69) is 39.2 Å². The number of hydrogen-bond acceptors (Lipinski definition) is 2. The van der Waals surface area contributed by atoms with Crippen molar-refractivity contribution in [1.82, 2.24) is 4.90 Å². The Labute approximate surface area is 107 Å². The van der Waals surface area contributed by atoms with Gasteiger partial charge in [0.05, 0.1) is 5.54 Å². The molecule has 0 bridgehead atoms. The molecule has 0 rings (SSSR count). The molecule has 0 heterocycles. The number of ketones is 1. The average Bonchev–Trinajstić information content (AvgIpc) is 2.36. The number of carbonyl (C=O) groups excluding carboxylic acids is 1. The molecule has 0 saturated carbocycles. The third-order valence-electron chi connectivity index (χ3n) is 3.87. The summed E-state index contributed by atoms with van der Waals surface area (Å²) in [6.07, 6.45) is 6.28. The van der Waals surface area contributed by atoms with Crippen LogP contribution in [-0.4, -0.2) is 29.3 Å². The lowest BCUT2D eigenvalue weighted by Gasteiger charge is -2.41. The highest BCUT2D eigenvalue weighted by Crippen LogP contribution is 2.27. The number of likely N-dealkylation sites (N-methyl/N-ethyl adjacent to an activating group) is 1. The molecule has 0 aliphatic carbocycles. The molecule has 0 N–H and O–H groups in total. The lowest BCUT2D eigenvalue weighted by molar-refractivity contribution is -0.132. The van der Waals surface area contributed by atoms with E-state index in [1.165, 1.54) is 0 Å². The van der Waals surface area contributed by atoms with Crippen LogP contribution in [0.15, 0.2) is 12.7 Å². The molecule has 0 aromatic heterocycles. The first-order valence-corrected chi connectivity index (χ1v) is 7.02.